The van der Waals surface area contributed by atoms with Crippen LogP contribution in [0.15, 0.2) is 84.9 Å². The summed E-state index contributed by atoms with van der Waals surface area (Å²) in [5, 5.41) is 1.50. The van der Waals surface area contributed by atoms with E-state index in [1.807, 2.05) is 60.7 Å². The molecule has 0 saturated heterocycles. The van der Waals surface area contributed by atoms with Crippen LogP contribution in [0, 0.1) is 41.5 Å². The van der Waals surface area contributed by atoms with Crippen molar-refractivity contribution in [1.29, 1.82) is 0 Å². The van der Waals surface area contributed by atoms with Crippen molar-refractivity contribution < 1.29 is 8.77 Å². The Hall–Kier alpha value is -3.29. The smallest absolute Gasteiger partial charge is 0.189 e. The summed E-state index contributed by atoms with van der Waals surface area (Å²) >= 11 is 0. The lowest BCUT2D eigenvalue weighted by Crippen LogP contribution is -2.38. The minimum Gasteiger partial charge on any atom is -0.189 e. The molecule has 188 valence electrons. The molecule has 0 atom stereocenters. The van der Waals surface area contributed by atoms with Gasteiger partial charge in [0, 0.05) is 0 Å². The molecule has 4 aromatic carbocycles. The molecular weight excluding hydrogens is 474 g/mol. The highest BCUT2D eigenvalue weighted by molar-refractivity contribution is 7.99. The summed E-state index contributed by atoms with van der Waals surface area (Å²) < 4.78 is 20.8. The molecule has 4 heteroatoms. The Morgan fingerprint density at radius 2 is 1.08 bits per heavy atom. The van der Waals surface area contributed by atoms with E-state index in [0.29, 0.717) is 0 Å². The molecule has 0 saturated carbocycles. The first kappa shape index (κ1) is 25.4. The molecule has 1 aliphatic rings. The van der Waals surface area contributed by atoms with Crippen LogP contribution >= 0.6 is 7.57 Å². The molecule has 0 radical (unpaired) electrons. The second-order valence-electron chi connectivity index (χ2n) is 10.4. The average molecular weight is 511 g/mol. The lowest BCUT2D eigenvalue weighted by molar-refractivity contribution is -0.427. The molecular formula is C33H36FN2P+2. The number of anilines is 1. The van der Waals surface area contributed by atoms with Crippen molar-refractivity contribution in [2.75, 3.05) is 18.0 Å². The molecule has 0 aromatic heterocycles. The van der Waals surface area contributed by atoms with E-state index in [-0.39, 0.29) is 0 Å². The molecule has 0 unspecified atom stereocenters. The van der Waals surface area contributed by atoms with Crippen LogP contribution in [0.3, 0.4) is 0 Å². The Labute approximate surface area is 221 Å². The highest BCUT2D eigenvalue weighted by atomic mass is 31.2. The van der Waals surface area contributed by atoms with Gasteiger partial charge in [-0.2, -0.15) is 9.48 Å². The van der Waals surface area contributed by atoms with Crippen molar-refractivity contribution in [3.05, 3.63) is 118 Å². The SMILES string of the molecule is Cc1cc(C)c(N2CC[N+](c3c(C)cc(C)cc3C)=C2[P+](F)(c2ccccc2)c2ccccc2)c(C)c1. The van der Waals surface area contributed by atoms with Gasteiger partial charge in [0.25, 0.3) is 0 Å². The monoisotopic (exact) mass is 510 g/mol. The standard InChI is InChI=1S/C33H36FN2P/c1-23-19-25(3)31(26(4)20-23)35-17-18-36(32-27(5)21-24(2)22-28(32)6)33(35)37(34,29-13-9-7-10-14-29)30-15-11-8-12-16-30/h7-16,19-22H,17-18H2,1-6H3/q+2. The topological polar surface area (TPSA) is 6.25 Å². The van der Waals surface area contributed by atoms with Gasteiger partial charge in [0.2, 0.25) is 0 Å². The van der Waals surface area contributed by atoms with Crippen LogP contribution in [0.1, 0.15) is 33.4 Å². The van der Waals surface area contributed by atoms with Crippen molar-refractivity contribution in [3.8, 4) is 0 Å². The highest BCUT2D eigenvalue weighted by Gasteiger charge is 2.63. The molecule has 37 heavy (non-hydrogen) atoms. The average Bonchev–Trinajstić information content (AvgIpc) is 3.28. The lowest BCUT2D eigenvalue weighted by Gasteiger charge is -2.22. The molecule has 1 aliphatic heterocycles. The number of hydrogen-bond acceptors (Lipinski definition) is 1. The van der Waals surface area contributed by atoms with Crippen molar-refractivity contribution in [1.82, 2.24) is 0 Å². The Morgan fingerprint density at radius 1 is 0.649 bits per heavy atom. The van der Waals surface area contributed by atoms with E-state index in [9.17, 15) is 0 Å². The zero-order valence-corrected chi connectivity index (χ0v) is 23.6. The van der Waals surface area contributed by atoms with Crippen LogP contribution in [0.4, 0.5) is 15.6 Å². The normalized spacial score (nSPS) is 14.0. The fourth-order valence-electron chi connectivity index (χ4n) is 6.15. The fourth-order valence-corrected chi connectivity index (χ4v) is 9.14. The zero-order chi connectivity index (χ0) is 26.3. The maximum atomic E-state index is 18.5. The summed E-state index contributed by atoms with van der Waals surface area (Å²) in [6.07, 6.45) is 0. The largest absolute Gasteiger partial charge is 0.444 e. The molecule has 4 aromatic rings. The minimum absolute atomic E-state index is 0.734. The lowest BCUT2D eigenvalue weighted by atomic mass is 10.0. The molecule has 2 nitrogen and oxygen atoms in total. The van der Waals surface area contributed by atoms with Gasteiger partial charge in [-0.25, -0.2) is 0 Å². The summed E-state index contributed by atoms with van der Waals surface area (Å²) in [4.78, 5) is 2.29. The van der Waals surface area contributed by atoms with Crippen LogP contribution in [-0.2, 0) is 0 Å². The van der Waals surface area contributed by atoms with E-state index < -0.39 is 7.57 Å². The maximum absolute atomic E-state index is 18.5. The summed E-state index contributed by atoms with van der Waals surface area (Å²) in [7, 11) is -3.50. The van der Waals surface area contributed by atoms with Gasteiger partial charge in [-0.15, -0.1) is 0 Å². The maximum Gasteiger partial charge on any atom is 0.444 e. The van der Waals surface area contributed by atoms with Crippen LogP contribution < -0.4 is 15.5 Å². The minimum atomic E-state index is -3.50. The summed E-state index contributed by atoms with van der Waals surface area (Å²) in [6, 6.07) is 28.5. The van der Waals surface area contributed by atoms with Crippen LogP contribution in [0.5, 0.6) is 0 Å². The predicted molar refractivity (Wildman–Crippen MR) is 159 cm³/mol. The number of aryl methyl sites for hydroxylation is 6. The number of hydrogen-bond donors (Lipinski definition) is 0. The first-order valence-electron chi connectivity index (χ1n) is 13.0. The number of rotatable bonds is 5. The first-order chi connectivity index (χ1) is 17.7. The van der Waals surface area contributed by atoms with Gasteiger partial charge in [-0.1, -0.05) is 71.8 Å². The van der Waals surface area contributed by atoms with Gasteiger partial charge in [-0.05, 0) is 92.3 Å². The molecule has 5 rings (SSSR count). The molecule has 1 heterocycles. The van der Waals surface area contributed by atoms with Gasteiger partial charge in [0.15, 0.2) is 0 Å². The van der Waals surface area contributed by atoms with Crippen molar-refractivity contribution in [3.63, 3.8) is 0 Å². The Balaban J connectivity index is 1.90. The summed E-state index contributed by atoms with van der Waals surface area (Å²) in [5.74, 6) is 0. The van der Waals surface area contributed by atoms with E-state index >= 15 is 4.20 Å². The van der Waals surface area contributed by atoms with E-state index in [1.165, 1.54) is 33.4 Å². The predicted octanol–water partition coefficient (Wildman–Crippen LogP) is 7.61. The summed E-state index contributed by atoms with van der Waals surface area (Å²) in [5.41, 5.74) is 10.2. The van der Waals surface area contributed by atoms with E-state index in [0.717, 1.165) is 40.7 Å². The van der Waals surface area contributed by atoms with Crippen LogP contribution in [0.2, 0.25) is 0 Å². The van der Waals surface area contributed by atoms with E-state index in [1.54, 1.807) is 0 Å². The van der Waals surface area contributed by atoms with Gasteiger partial charge in [0.05, 0.1) is 0 Å². The number of benzene rings is 4. The van der Waals surface area contributed by atoms with Crippen molar-refractivity contribution >= 4 is 35.1 Å². The van der Waals surface area contributed by atoms with Gasteiger partial charge in [0.1, 0.15) is 35.1 Å². The number of amidine groups is 1. The van der Waals surface area contributed by atoms with E-state index in [2.05, 4.69) is 75.3 Å². The molecule has 0 fully saturated rings. The molecule has 0 bridgehead atoms. The van der Waals surface area contributed by atoms with E-state index in [4.69, 9.17) is 0 Å². The molecule has 0 amide bonds. The third-order valence-corrected chi connectivity index (χ3v) is 10.4. The third kappa shape index (κ3) is 4.40. The number of halogens is 1. The first-order valence-corrected chi connectivity index (χ1v) is 14.7. The molecule has 0 spiro atoms. The summed E-state index contributed by atoms with van der Waals surface area (Å²) in [6.45, 7) is 14.3. The Bertz CT molecular complexity index is 1410. The molecule has 0 aliphatic carbocycles. The Morgan fingerprint density at radius 3 is 1.54 bits per heavy atom. The fraction of sp³-hybridized carbons (Fsp3) is 0.242. The van der Waals surface area contributed by atoms with Gasteiger partial charge < -0.3 is 0 Å². The quantitative estimate of drug-likeness (QED) is 0.198. The van der Waals surface area contributed by atoms with Gasteiger partial charge >= 0.3 is 13.1 Å². The molecule has 0 N–H and O–H groups in total. The second-order valence-corrected chi connectivity index (χ2v) is 13.0. The second kappa shape index (κ2) is 9.88. The van der Waals surface area contributed by atoms with Gasteiger partial charge in [-0.3, -0.25) is 0 Å². The van der Waals surface area contributed by atoms with Crippen LogP contribution in [-0.4, -0.2) is 23.2 Å². The number of nitrogens with zero attached hydrogens (tertiary/aromatic N) is 2. The van der Waals surface area contributed by atoms with Crippen molar-refractivity contribution in [2.24, 2.45) is 0 Å². The Kier molecular flexibility index (Phi) is 6.77. The third-order valence-electron chi connectivity index (χ3n) is 7.34. The zero-order valence-electron chi connectivity index (χ0n) is 22.7. The van der Waals surface area contributed by atoms with Crippen molar-refractivity contribution in [2.45, 2.75) is 41.5 Å². The highest BCUT2D eigenvalue weighted by Crippen LogP contribution is 2.62. The van der Waals surface area contributed by atoms with Crippen LogP contribution in [0.25, 0.3) is 0 Å².